The average molecular weight is 405 g/mol. The van der Waals surface area contributed by atoms with E-state index in [2.05, 4.69) is 5.32 Å². The molecule has 0 fully saturated rings. The summed E-state index contributed by atoms with van der Waals surface area (Å²) in [6.45, 7) is 1.93. The summed E-state index contributed by atoms with van der Waals surface area (Å²) in [5.74, 6) is 0.669. The Morgan fingerprint density at radius 2 is 1.86 bits per heavy atom. The van der Waals surface area contributed by atoms with Crippen LogP contribution in [-0.4, -0.2) is 43.5 Å². The van der Waals surface area contributed by atoms with Crippen LogP contribution in [0.5, 0.6) is 11.5 Å². The number of hydrogen-bond acceptors (Lipinski definition) is 4. The van der Waals surface area contributed by atoms with Crippen molar-refractivity contribution in [1.29, 1.82) is 0 Å². The van der Waals surface area contributed by atoms with Gasteiger partial charge in [-0.3, -0.25) is 9.59 Å². The van der Waals surface area contributed by atoms with Crippen LogP contribution < -0.4 is 14.8 Å². The molecule has 0 aromatic heterocycles. The van der Waals surface area contributed by atoms with Gasteiger partial charge in [0.15, 0.2) is 6.61 Å². The third-order valence-electron chi connectivity index (χ3n) is 4.28. The Labute approximate surface area is 170 Å². The summed E-state index contributed by atoms with van der Waals surface area (Å²) in [7, 11) is 3.14. The fraction of sp³-hybridized carbons (Fsp3) is 0.333. The molecule has 1 N–H and O–H groups in total. The second kappa shape index (κ2) is 10.6. The number of hydrogen-bond donors (Lipinski definition) is 1. The average Bonchev–Trinajstić information content (AvgIpc) is 2.71. The summed E-state index contributed by atoms with van der Waals surface area (Å²) in [5, 5.41) is 3.15. The first kappa shape index (κ1) is 21.6. The number of nitrogens with one attached hydrogen (secondary N) is 1. The number of rotatable bonds is 9. The van der Waals surface area contributed by atoms with Crippen molar-refractivity contribution >= 4 is 23.4 Å². The molecule has 0 spiro atoms. The van der Waals surface area contributed by atoms with E-state index in [9.17, 15) is 9.59 Å². The highest BCUT2D eigenvalue weighted by molar-refractivity contribution is 6.30. The maximum Gasteiger partial charge on any atom is 0.261 e. The number of carbonyl (C=O) groups is 2. The Morgan fingerprint density at radius 3 is 2.50 bits per heavy atom. The van der Waals surface area contributed by atoms with Crippen molar-refractivity contribution < 1.29 is 19.1 Å². The van der Waals surface area contributed by atoms with Gasteiger partial charge in [0.05, 0.1) is 7.11 Å². The second-order valence-electron chi connectivity index (χ2n) is 6.16. The summed E-state index contributed by atoms with van der Waals surface area (Å²) in [6.07, 6.45) is 0.479. The minimum absolute atomic E-state index is 0.197. The quantitative estimate of drug-likeness (QED) is 0.696. The summed E-state index contributed by atoms with van der Waals surface area (Å²) >= 11 is 5.95. The summed E-state index contributed by atoms with van der Waals surface area (Å²) in [5.41, 5.74) is 0.859. The van der Waals surface area contributed by atoms with Crippen LogP contribution >= 0.6 is 11.6 Å². The number of carbonyl (C=O) groups excluding carboxylic acids is 2. The minimum atomic E-state index is -0.605. The fourth-order valence-electron chi connectivity index (χ4n) is 2.84. The van der Waals surface area contributed by atoms with Crippen LogP contribution in [0.25, 0.3) is 0 Å². The molecule has 0 aliphatic carbocycles. The first-order valence-electron chi connectivity index (χ1n) is 9.00. The number of amides is 2. The van der Waals surface area contributed by atoms with Gasteiger partial charge >= 0.3 is 0 Å². The lowest BCUT2D eigenvalue weighted by atomic mass is 10.1. The van der Waals surface area contributed by atoms with E-state index in [-0.39, 0.29) is 25.0 Å². The molecule has 28 heavy (non-hydrogen) atoms. The zero-order valence-corrected chi connectivity index (χ0v) is 17.0. The Hall–Kier alpha value is -2.73. The molecule has 0 radical (unpaired) electrons. The van der Waals surface area contributed by atoms with Gasteiger partial charge in [-0.2, -0.15) is 0 Å². The highest BCUT2D eigenvalue weighted by Crippen LogP contribution is 2.19. The van der Waals surface area contributed by atoms with Gasteiger partial charge in [-0.1, -0.05) is 36.7 Å². The molecule has 2 aromatic carbocycles. The van der Waals surface area contributed by atoms with Crippen LogP contribution in [0, 0.1) is 0 Å². The highest BCUT2D eigenvalue weighted by Gasteiger charge is 2.28. The van der Waals surface area contributed by atoms with E-state index in [1.807, 2.05) is 31.2 Å². The van der Waals surface area contributed by atoms with Crippen molar-refractivity contribution in [2.24, 2.45) is 0 Å². The first-order valence-corrected chi connectivity index (χ1v) is 9.38. The molecule has 0 heterocycles. The Balaban J connectivity index is 2.20. The third kappa shape index (κ3) is 5.89. The monoisotopic (exact) mass is 404 g/mol. The Kier molecular flexibility index (Phi) is 8.14. The molecular formula is C21H25ClN2O4. The smallest absolute Gasteiger partial charge is 0.261 e. The lowest BCUT2D eigenvalue weighted by Crippen LogP contribution is -2.49. The van der Waals surface area contributed by atoms with Gasteiger partial charge in [0.1, 0.15) is 17.5 Å². The van der Waals surface area contributed by atoms with Crippen molar-refractivity contribution in [3.8, 4) is 11.5 Å². The van der Waals surface area contributed by atoms with Gasteiger partial charge in [0, 0.05) is 18.6 Å². The van der Waals surface area contributed by atoms with E-state index in [0.717, 1.165) is 5.56 Å². The molecule has 0 unspecified atom stereocenters. The van der Waals surface area contributed by atoms with Crippen LogP contribution in [0.4, 0.5) is 0 Å². The first-order chi connectivity index (χ1) is 13.5. The van der Waals surface area contributed by atoms with Crippen LogP contribution in [0.3, 0.4) is 0 Å². The summed E-state index contributed by atoms with van der Waals surface area (Å²) in [4.78, 5) is 26.8. The molecule has 150 valence electrons. The maximum absolute atomic E-state index is 12.9. The fourth-order valence-corrected chi connectivity index (χ4v) is 3.02. The Bertz CT molecular complexity index is 812. The lowest BCUT2D eigenvalue weighted by Gasteiger charge is -2.30. The normalized spacial score (nSPS) is 11.4. The van der Waals surface area contributed by atoms with Gasteiger partial charge in [0.25, 0.3) is 5.91 Å². The van der Waals surface area contributed by atoms with Crippen molar-refractivity contribution in [2.75, 3.05) is 20.8 Å². The van der Waals surface area contributed by atoms with Gasteiger partial charge in [-0.25, -0.2) is 0 Å². The molecule has 0 aliphatic rings. The van der Waals surface area contributed by atoms with E-state index in [1.54, 1.807) is 38.4 Å². The molecule has 7 heteroatoms. The Morgan fingerprint density at radius 1 is 1.14 bits per heavy atom. The molecule has 0 saturated carbocycles. The van der Waals surface area contributed by atoms with E-state index in [4.69, 9.17) is 21.1 Å². The number of halogens is 1. The molecule has 0 saturated heterocycles. The minimum Gasteiger partial charge on any atom is -0.497 e. The zero-order chi connectivity index (χ0) is 20.5. The van der Waals surface area contributed by atoms with E-state index >= 15 is 0 Å². The van der Waals surface area contributed by atoms with Crippen molar-refractivity contribution in [3.63, 3.8) is 0 Å². The lowest BCUT2D eigenvalue weighted by molar-refractivity contribution is -0.142. The third-order valence-corrected chi connectivity index (χ3v) is 4.51. The number of methoxy groups -OCH3 is 1. The van der Waals surface area contributed by atoms with Crippen LogP contribution in [-0.2, 0) is 16.1 Å². The molecule has 2 amide bonds. The standard InChI is InChI=1S/C21H25ClN2O4/c1-4-19(21(26)23-2)24(13-15-7-5-9-17(11-15)27-3)20(25)14-28-18-10-6-8-16(22)12-18/h5-12,19H,4,13-14H2,1-3H3,(H,23,26)/t19-/m1/s1. The molecular weight excluding hydrogens is 380 g/mol. The number of likely N-dealkylation sites (N-methyl/N-ethyl adjacent to an activating group) is 1. The largest absolute Gasteiger partial charge is 0.497 e. The topological polar surface area (TPSA) is 67.9 Å². The van der Waals surface area contributed by atoms with Crippen LogP contribution in [0.1, 0.15) is 18.9 Å². The summed E-state index contributed by atoms with van der Waals surface area (Å²) < 4.78 is 10.8. The van der Waals surface area contributed by atoms with E-state index in [0.29, 0.717) is 22.9 Å². The second-order valence-corrected chi connectivity index (χ2v) is 6.59. The molecule has 0 bridgehead atoms. The van der Waals surface area contributed by atoms with E-state index in [1.165, 1.54) is 4.90 Å². The number of ether oxygens (including phenoxy) is 2. The van der Waals surface area contributed by atoms with Crippen LogP contribution in [0.2, 0.25) is 5.02 Å². The highest BCUT2D eigenvalue weighted by atomic mass is 35.5. The molecule has 2 aromatic rings. The molecule has 1 atom stereocenters. The summed E-state index contributed by atoms with van der Waals surface area (Å²) in [6, 6.07) is 13.6. The van der Waals surface area contributed by atoms with E-state index < -0.39 is 6.04 Å². The van der Waals surface area contributed by atoms with Crippen LogP contribution in [0.15, 0.2) is 48.5 Å². The number of nitrogens with zero attached hydrogens (tertiary/aromatic N) is 1. The van der Waals surface area contributed by atoms with Crippen molar-refractivity contribution in [2.45, 2.75) is 25.9 Å². The zero-order valence-electron chi connectivity index (χ0n) is 16.3. The predicted octanol–water partition coefficient (Wildman–Crippen LogP) is 3.28. The molecule has 2 rings (SSSR count). The van der Waals surface area contributed by atoms with Gasteiger partial charge in [0.2, 0.25) is 5.91 Å². The maximum atomic E-state index is 12.9. The van der Waals surface area contributed by atoms with Gasteiger partial charge in [-0.05, 0) is 42.3 Å². The molecule has 6 nitrogen and oxygen atoms in total. The number of benzene rings is 2. The van der Waals surface area contributed by atoms with Crippen molar-refractivity contribution in [3.05, 3.63) is 59.1 Å². The van der Waals surface area contributed by atoms with Gasteiger partial charge in [-0.15, -0.1) is 0 Å². The van der Waals surface area contributed by atoms with Gasteiger partial charge < -0.3 is 19.7 Å². The van der Waals surface area contributed by atoms with Crippen molar-refractivity contribution in [1.82, 2.24) is 10.2 Å². The predicted molar refractivity (Wildman–Crippen MR) is 109 cm³/mol. The molecule has 0 aliphatic heterocycles. The SMILES string of the molecule is CC[C@H](C(=O)NC)N(Cc1cccc(OC)c1)C(=O)COc1cccc(Cl)c1.